The molecule has 0 radical (unpaired) electrons. The highest BCUT2D eigenvalue weighted by Crippen LogP contribution is 2.57. The zero-order valence-corrected chi connectivity index (χ0v) is 9.52. The number of ether oxygens (including phenoxy) is 1. The minimum Gasteiger partial charge on any atom is -0.289 e. The number of hydrogen-bond donors (Lipinski definition) is 0. The number of rotatable bonds is 3. The van der Waals surface area contributed by atoms with Crippen molar-refractivity contribution in [3.63, 3.8) is 0 Å². The van der Waals surface area contributed by atoms with Crippen LogP contribution in [0, 0.1) is 10.1 Å². The van der Waals surface area contributed by atoms with Crippen molar-refractivity contribution in [3.8, 4) is 0 Å². The molecule has 1 fully saturated rings. The average Bonchev–Trinajstić information content (AvgIpc) is 3.18. The topological polar surface area (TPSA) is 55.7 Å². The average molecular weight is 241 g/mol. The van der Waals surface area contributed by atoms with Crippen molar-refractivity contribution in [1.29, 1.82) is 0 Å². The van der Waals surface area contributed by atoms with E-state index in [0.717, 1.165) is 5.56 Å². The SMILES string of the molecule is O=[N+]([O-])[C@]1(c2ccccc2)O[C@H]1c1ccccc1. The van der Waals surface area contributed by atoms with Gasteiger partial charge in [-0.2, -0.15) is 0 Å². The number of nitrogens with zero attached hydrogens (tertiary/aromatic N) is 1. The molecule has 0 aliphatic carbocycles. The molecule has 2 atom stereocenters. The van der Waals surface area contributed by atoms with Crippen LogP contribution in [0.5, 0.6) is 0 Å². The summed E-state index contributed by atoms with van der Waals surface area (Å²) in [6, 6.07) is 18.1. The molecular weight excluding hydrogens is 230 g/mol. The Morgan fingerprint density at radius 1 is 1.00 bits per heavy atom. The molecule has 1 aliphatic heterocycles. The van der Waals surface area contributed by atoms with Gasteiger partial charge in [0.25, 0.3) is 0 Å². The Morgan fingerprint density at radius 2 is 1.56 bits per heavy atom. The number of hydrogen-bond acceptors (Lipinski definition) is 3. The lowest BCUT2D eigenvalue weighted by Gasteiger charge is -2.04. The van der Waals surface area contributed by atoms with Gasteiger partial charge in [-0.3, -0.25) is 14.9 Å². The summed E-state index contributed by atoms with van der Waals surface area (Å²) in [6.07, 6.45) is -0.504. The van der Waals surface area contributed by atoms with Crippen LogP contribution < -0.4 is 0 Å². The molecular formula is C14H11NO3. The van der Waals surface area contributed by atoms with Crippen LogP contribution >= 0.6 is 0 Å². The summed E-state index contributed by atoms with van der Waals surface area (Å²) in [5.41, 5.74) is 0.00436. The molecule has 2 aromatic carbocycles. The highest BCUT2D eigenvalue weighted by molar-refractivity contribution is 5.32. The lowest BCUT2D eigenvalue weighted by atomic mass is 9.99. The zero-order chi connectivity index (χ0) is 12.6. The van der Waals surface area contributed by atoms with E-state index in [1.165, 1.54) is 0 Å². The monoisotopic (exact) mass is 241 g/mol. The molecule has 0 spiro atoms. The first kappa shape index (κ1) is 10.9. The van der Waals surface area contributed by atoms with E-state index in [9.17, 15) is 10.1 Å². The highest BCUT2D eigenvalue weighted by atomic mass is 16.7. The Bertz CT molecular complexity index is 570. The van der Waals surface area contributed by atoms with Crippen molar-refractivity contribution in [3.05, 3.63) is 81.9 Å². The van der Waals surface area contributed by atoms with Crippen molar-refractivity contribution in [1.82, 2.24) is 0 Å². The molecule has 18 heavy (non-hydrogen) atoms. The standard InChI is InChI=1S/C14H11NO3/c16-15(17)14(12-9-5-2-6-10-12)13(18-14)11-7-3-1-4-8-11/h1-10,13H/t13-,14+/m0/s1. The van der Waals surface area contributed by atoms with Crippen LogP contribution in [0.4, 0.5) is 0 Å². The van der Waals surface area contributed by atoms with Gasteiger partial charge in [0.05, 0.1) is 10.5 Å². The first-order valence-electron chi connectivity index (χ1n) is 5.68. The third-order valence-corrected chi connectivity index (χ3v) is 3.16. The van der Waals surface area contributed by atoms with E-state index in [0.29, 0.717) is 5.56 Å². The van der Waals surface area contributed by atoms with Gasteiger partial charge >= 0.3 is 5.72 Å². The van der Waals surface area contributed by atoms with Gasteiger partial charge in [0.2, 0.25) is 0 Å². The molecule has 0 saturated carbocycles. The van der Waals surface area contributed by atoms with E-state index in [1.807, 2.05) is 36.4 Å². The highest BCUT2D eigenvalue weighted by Gasteiger charge is 2.71. The van der Waals surface area contributed by atoms with Crippen LogP contribution in [0.15, 0.2) is 60.7 Å². The van der Waals surface area contributed by atoms with Crippen LogP contribution in [0.1, 0.15) is 17.2 Å². The summed E-state index contributed by atoms with van der Waals surface area (Å²) >= 11 is 0. The second-order valence-corrected chi connectivity index (χ2v) is 4.23. The second kappa shape index (κ2) is 3.92. The molecule has 1 heterocycles. The van der Waals surface area contributed by atoms with Crippen molar-refractivity contribution >= 4 is 0 Å². The fourth-order valence-electron chi connectivity index (χ4n) is 2.21. The summed E-state index contributed by atoms with van der Waals surface area (Å²) < 4.78 is 5.44. The molecule has 0 bridgehead atoms. The van der Waals surface area contributed by atoms with E-state index >= 15 is 0 Å². The van der Waals surface area contributed by atoms with Crippen LogP contribution in [0.3, 0.4) is 0 Å². The second-order valence-electron chi connectivity index (χ2n) is 4.23. The Balaban J connectivity index is 2.01. The fourth-order valence-corrected chi connectivity index (χ4v) is 2.21. The van der Waals surface area contributed by atoms with Gasteiger partial charge in [0.15, 0.2) is 6.10 Å². The summed E-state index contributed by atoms with van der Waals surface area (Å²) in [5.74, 6) is 0. The molecule has 90 valence electrons. The summed E-state index contributed by atoms with van der Waals surface area (Å²) in [4.78, 5) is 11.0. The molecule has 0 N–H and O–H groups in total. The number of benzene rings is 2. The molecule has 4 nitrogen and oxygen atoms in total. The largest absolute Gasteiger partial charge is 0.382 e. The van der Waals surface area contributed by atoms with Gasteiger partial charge in [-0.1, -0.05) is 48.5 Å². The first-order valence-corrected chi connectivity index (χ1v) is 5.68. The summed E-state index contributed by atoms with van der Waals surface area (Å²) in [7, 11) is 0. The fraction of sp³-hybridized carbons (Fsp3) is 0.143. The summed E-state index contributed by atoms with van der Waals surface area (Å²) in [5, 5.41) is 11.3. The van der Waals surface area contributed by atoms with Gasteiger partial charge in [-0.05, 0) is 17.7 Å². The van der Waals surface area contributed by atoms with Crippen LogP contribution in [0.2, 0.25) is 0 Å². The molecule has 2 aromatic rings. The van der Waals surface area contributed by atoms with Gasteiger partial charge in [0, 0.05) is 0 Å². The molecule has 3 rings (SSSR count). The lowest BCUT2D eigenvalue weighted by molar-refractivity contribution is -0.572. The van der Waals surface area contributed by atoms with Crippen molar-refractivity contribution in [2.75, 3.05) is 0 Å². The number of nitro groups is 1. The van der Waals surface area contributed by atoms with Gasteiger partial charge < -0.3 is 0 Å². The van der Waals surface area contributed by atoms with Crippen molar-refractivity contribution < 1.29 is 9.66 Å². The molecule has 4 heteroatoms. The molecule has 1 aliphatic rings. The predicted molar refractivity (Wildman–Crippen MR) is 65.4 cm³/mol. The minimum absolute atomic E-state index is 0.347. The first-order chi connectivity index (χ1) is 8.75. The van der Waals surface area contributed by atoms with E-state index in [1.54, 1.807) is 24.3 Å². The third-order valence-electron chi connectivity index (χ3n) is 3.16. The molecule has 0 aromatic heterocycles. The van der Waals surface area contributed by atoms with Gasteiger partial charge in [-0.25, -0.2) is 0 Å². The van der Waals surface area contributed by atoms with Gasteiger partial charge in [-0.15, -0.1) is 0 Å². The maximum atomic E-state index is 11.3. The third kappa shape index (κ3) is 1.50. The van der Waals surface area contributed by atoms with E-state index in [2.05, 4.69) is 0 Å². The Hall–Kier alpha value is -2.20. The van der Waals surface area contributed by atoms with Crippen molar-refractivity contribution in [2.24, 2.45) is 0 Å². The number of epoxide rings is 1. The Labute approximate surface area is 104 Å². The zero-order valence-electron chi connectivity index (χ0n) is 9.52. The van der Waals surface area contributed by atoms with E-state index < -0.39 is 11.8 Å². The van der Waals surface area contributed by atoms with Crippen LogP contribution in [0.25, 0.3) is 0 Å². The Kier molecular flexibility index (Phi) is 2.38. The molecule has 1 saturated heterocycles. The van der Waals surface area contributed by atoms with E-state index in [4.69, 9.17) is 4.74 Å². The lowest BCUT2D eigenvalue weighted by Crippen LogP contribution is -2.21. The van der Waals surface area contributed by atoms with Gasteiger partial charge in [0.1, 0.15) is 0 Å². The predicted octanol–water partition coefficient (Wildman–Crippen LogP) is 2.89. The maximum absolute atomic E-state index is 11.3. The smallest absolute Gasteiger partial charge is 0.289 e. The normalized spacial score (nSPS) is 25.7. The minimum atomic E-state index is -1.41. The van der Waals surface area contributed by atoms with Crippen LogP contribution in [-0.4, -0.2) is 4.92 Å². The summed E-state index contributed by atoms with van der Waals surface area (Å²) in [6.45, 7) is 0. The maximum Gasteiger partial charge on any atom is 0.382 e. The Morgan fingerprint density at radius 3 is 2.11 bits per heavy atom. The van der Waals surface area contributed by atoms with Crippen LogP contribution in [-0.2, 0) is 10.5 Å². The molecule has 0 unspecified atom stereocenters. The van der Waals surface area contributed by atoms with Crippen molar-refractivity contribution in [2.45, 2.75) is 11.8 Å². The quantitative estimate of drug-likeness (QED) is 0.471. The molecule has 0 amide bonds. The van der Waals surface area contributed by atoms with E-state index in [-0.39, 0.29) is 4.92 Å².